The Morgan fingerprint density at radius 1 is 0.814 bits per heavy atom. The number of ether oxygens (including phenoxy) is 3. The standard InChI is InChI=1S/C38H38O5/c1-3-36(39)42-24-10-11-28-16-18-30(19-17-28)38(31-20-22-32(23-21-31)41-25-26-43-37(40)4-2)27-34(29-12-6-5-7-13-29)33-14-8-9-15-35(33)38/h3,5-9,12-23,34H,1,4,10-11,24-27H2,2H3. The molecule has 5 heteroatoms. The summed E-state index contributed by atoms with van der Waals surface area (Å²) in [6, 6.07) is 36.8. The Labute approximate surface area is 254 Å². The molecule has 5 rings (SSSR count). The molecule has 2 atom stereocenters. The van der Waals surface area contributed by atoms with Crippen LogP contribution in [0.25, 0.3) is 0 Å². The summed E-state index contributed by atoms with van der Waals surface area (Å²) >= 11 is 0. The summed E-state index contributed by atoms with van der Waals surface area (Å²) in [5.74, 6) is 0.378. The number of rotatable bonds is 13. The predicted octanol–water partition coefficient (Wildman–Crippen LogP) is 7.55. The highest BCUT2D eigenvalue weighted by molar-refractivity contribution is 5.81. The highest BCUT2D eigenvalue weighted by atomic mass is 16.6. The zero-order valence-electron chi connectivity index (χ0n) is 24.7. The molecule has 0 radical (unpaired) electrons. The topological polar surface area (TPSA) is 61.8 Å². The second-order valence-corrected chi connectivity index (χ2v) is 10.8. The van der Waals surface area contributed by atoms with Crippen molar-refractivity contribution in [3.05, 3.63) is 149 Å². The van der Waals surface area contributed by atoms with Gasteiger partial charge in [-0.15, -0.1) is 0 Å². The molecule has 1 aliphatic carbocycles. The van der Waals surface area contributed by atoms with Gasteiger partial charge in [0.05, 0.1) is 6.61 Å². The molecule has 0 aliphatic heterocycles. The Hall–Kier alpha value is -4.64. The molecule has 4 aromatic rings. The molecule has 220 valence electrons. The van der Waals surface area contributed by atoms with Gasteiger partial charge in [0.15, 0.2) is 0 Å². The minimum Gasteiger partial charge on any atom is -0.490 e. The molecule has 2 unspecified atom stereocenters. The fourth-order valence-electron chi connectivity index (χ4n) is 6.13. The quantitative estimate of drug-likeness (QED) is 0.0937. The van der Waals surface area contributed by atoms with Gasteiger partial charge in [-0.2, -0.15) is 0 Å². The van der Waals surface area contributed by atoms with E-state index in [9.17, 15) is 9.59 Å². The number of hydrogen-bond donors (Lipinski definition) is 0. The highest BCUT2D eigenvalue weighted by Crippen LogP contribution is 2.55. The third-order valence-electron chi connectivity index (χ3n) is 8.23. The van der Waals surface area contributed by atoms with Gasteiger partial charge >= 0.3 is 11.9 Å². The van der Waals surface area contributed by atoms with Crippen LogP contribution in [-0.4, -0.2) is 31.8 Å². The Morgan fingerprint density at radius 3 is 2.19 bits per heavy atom. The molecule has 0 heterocycles. The molecule has 0 aromatic heterocycles. The number of esters is 2. The average molecular weight is 575 g/mol. The van der Waals surface area contributed by atoms with Crippen molar-refractivity contribution in [1.29, 1.82) is 0 Å². The van der Waals surface area contributed by atoms with Gasteiger partial charge in [0.1, 0.15) is 19.0 Å². The van der Waals surface area contributed by atoms with Gasteiger partial charge in [-0.05, 0) is 64.8 Å². The first-order valence-electron chi connectivity index (χ1n) is 15.0. The van der Waals surface area contributed by atoms with Crippen molar-refractivity contribution in [1.82, 2.24) is 0 Å². The van der Waals surface area contributed by atoms with E-state index in [1.165, 1.54) is 39.5 Å². The van der Waals surface area contributed by atoms with Crippen LogP contribution in [0.15, 0.2) is 116 Å². The summed E-state index contributed by atoms with van der Waals surface area (Å²) in [5.41, 5.74) is 7.25. The van der Waals surface area contributed by atoms with Gasteiger partial charge in [-0.25, -0.2) is 4.79 Å². The lowest BCUT2D eigenvalue weighted by Crippen LogP contribution is -2.27. The SMILES string of the molecule is C=CC(=O)OCCCc1ccc(C2(c3ccc(OCCOC(=O)CC)cc3)CC(c3ccccc3)c3ccccc32)cc1. The molecule has 0 fully saturated rings. The molecule has 0 spiro atoms. The predicted molar refractivity (Wildman–Crippen MR) is 168 cm³/mol. The maximum absolute atomic E-state index is 11.4. The van der Waals surface area contributed by atoms with Crippen molar-refractivity contribution in [2.45, 2.75) is 43.9 Å². The molecule has 43 heavy (non-hydrogen) atoms. The van der Waals surface area contributed by atoms with E-state index in [4.69, 9.17) is 14.2 Å². The smallest absolute Gasteiger partial charge is 0.330 e. The first-order chi connectivity index (χ1) is 21.0. The summed E-state index contributed by atoms with van der Waals surface area (Å²) in [4.78, 5) is 22.8. The Kier molecular flexibility index (Phi) is 9.73. The number of fused-ring (bicyclic) bond motifs is 1. The maximum atomic E-state index is 11.4. The molecule has 0 bridgehead atoms. The van der Waals surface area contributed by atoms with Gasteiger partial charge in [0.25, 0.3) is 0 Å². The van der Waals surface area contributed by atoms with Crippen LogP contribution in [0.5, 0.6) is 5.75 Å². The molecule has 0 saturated carbocycles. The third-order valence-corrected chi connectivity index (χ3v) is 8.23. The van der Waals surface area contributed by atoms with Crippen molar-refractivity contribution in [2.24, 2.45) is 0 Å². The fourth-order valence-corrected chi connectivity index (χ4v) is 6.13. The Bertz CT molecular complexity index is 1530. The summed E-state index contributed by atoms with van der Waals surface area (Å²) in [6.45, 7) is 6.14. The van der Waals surface area contributed by atoms with E-state index in [1.54, 1.807) is 6.92 Å². The van der Waals surface area contributed by atoms with E-state index in [1.807, 2.05) is 12.1 Å². The molecule has 4 aromatic carbocycles. The molecule has 5 nitrogen and oxygen atoms in total. The van der Waals surface area contributed by atoms with Crippen LogP contribution in [0.2, 0.25) is 0 Å². The molecular weight excluding hydrogens is 536 g/mol. The largest absolute Gasteiger partial charge is 0.490 e. The van der Waals surface area contributed by atoms with Crippen molar-refractivity contribution in [2.75, 3.05) is 19.8 Å². The Balaban J connectivity index is 1.46. The normalized spacial score (nSPS) is 17.1. The molecule has 0 saturated heterocycles. The first kappa shape index (κ1) is 29.8. The summed E-state index contributed by atoms with van der Waals surface area (Å²) in [7, 11) is 0. The molecule has 0 amide bonds. The lowest BCUT2D eigenvalue weighted by Gasteiger charge is -2.33. The molecular formula is C38H38O5. The van der Waals surface area contributed by atoms with E-state index < -0.39 is 0 Å². The van der Waals surface area contributed by atoms with Gasteiger partial charge in [0.2, 0.25) is 0 Å². The van der Waals surface area contributed by atoms with Gasteiger partial charge < -0.3 is 14.2 Å². The summed E-state index contributed by atoms with van der Waals surface area (Å²) in [6.07, 6.45) is 4.02. The van der Waals surface area contributed by atoms with Crippen LogP contribution in [0, 0.1) is 0 Å². The lowest BCUT2D eigenvalue weighted by atomic mass is 9.69. The van der Waals surface area contributed by atoms with Crippen molar-refractivity contribution < 1.29 is 23.8 Å². The average Bonchev–Trinajstić information content (AvgIpc) is 3.42. The number of benzene rings is 4. The van der Waals surface area contributed by atoms with Crippen molar-refractivity contribution in [3.63, 3.8) is 0 Å². The number of aryl methyl sites for hydroxylation is 1. The van der Waals surface area contributed by atoms with Crippen LogP contribution < -0.4 is 4.74 Å². The molecule has 0 N–H and O–H groups in total. The second kappa shape index (κ2) is 14.0. The number of carbonyl (C=O) groups excluding carboxylic acids is 2. The zero-order valence-corrected chi connectivity index (χ0v) is 24.7. The van der Waals surface area contributed by atoms with Crippen LogP contribution >= 0.6 is 0 Å². The van der Waals surface area contributed by atoms with E-state index in [0.717, 1.165) is 25.0 Å². The highest BCUT2D eigenvalue weighted by Gasteiger charge is 2.46. The lowest BCUT2D eigenvalue weighted by molar-refractivity contribution is -0.144. The Morgan fingerprint density at radius 2 is 1.49 bits per heavy atom. The molecule has 1 aliphatic rings. The van der Waals surface area contributed by atoms with Crippen LogP contribution in [0.3, 0.4) is 0 Å². The third kappa shape index (κ3) is 6.72. The van der Waals surface area contributed by atoms with Gasteiger partial charge in [-0.3, -0.25) is 4.79 Å². The minimum atomic E-state index is -0.387. The van der Waals surface area contributed by atoms with E-state index in [-0.39, 0.29) is 29.9 Å². The number of carbonyl (C=O) groups is 2. The van der Waals surface area contributed by atoms with Crippen molar-refractivity contribution >= 4 is 11.9 Å². The van der Waals surface area contributed by atoms with E-state index in [0.29, 0.717) is 19.6 Å². The van der Waals surface area contributed by atoms with Crippen LogP contribution in [-0.2, 0) is 30.9 Å². The van der Waals surface area contributed by atoms with Gasteiger partial charge in [-0.1, -0.05) is 104 Å². The first-order valence-corrected chi connectivity index (χ1v) is 15.0. The summed E-state index contributed by atoms with van der Waals surface area (Å²) < 4.78 is 16.2. The van der Waals surface area contributed by atoms with Crippen molar-refractivity contribution in [3.8, 4) is 5.75 Å². The monoisotopic (exact) mass is 574 g/mol. The van der Waals surface area contributed by atoms with Gasteiger partial charge in [0, 0.05) is 23.8 Å². The minimum absolute atomic E-state index is 0.226. The maximum Gasteiger partial charge on any atom is 0.330 e. The fraction of sp³-hybridized carbons (Fsp3) is 0.263. The van der Waals surface area contributed by atoms with Crippen LogP contribution in [0.4, 0.5) is 0 Å². The zero-order chi connectivity index (χ0) is 30.1. The van der Waals surface area contributed by atoms with Crippen LogP contribution in [0.1, 0.15) is 65.5 Å². The van der Waals surface area contributed by atoms with E-state index >= 15 is 0 Å². The van der Waals surface area contributed by atoms with E-state index in [2.05, 4.69) is 97.6 Å². The number of hydrogen-bond acceptors (Lipinski definition) is 5. The second-order valence-electron chi connectivity index (χ2n) is 10.8. The summed E-state index contributed by atoms with van der Waals surface area (Å²) in [5, 5.41) is 0.